The highest BCUT2D eigenvalue weighted by Crippen LogP contribution is 2.13. The number of H-pyrrole nitrogens is 1. The van der Waals surface area contributed by atoms with Gasteiger partial charge in [-0.3, -0.25) is 4.79 Å². The van der Waals surface area contributed by atoms with Crippen LogP contribution < -0.4 is 11.1 Å². The summed E-state index contributed by atoms with van der Waals surface area (Å²) in [6.07, 6.45) is 3.25. The normalized spacial score (nSPS) is 14.3. The van der Waals surface area contributed by atoms with Gasteiger partial charge in [0.05, 0.1) is 12.1 Å². The van der Waals surface area contributed by atoms with Crippen LogP contribution in [0, 0.1) is 0 Å². The largest absolute Gasteiger partial charge is 0.345 e. The molecule has 0 aromatic carbocycles. The smallest absolute Gasteiger partial charge is 0.237 e. The monoisotopic (exact) mass is 240 g/mol. The molecule has 1 aromatic heterocycles. The van der Waals surface area contributed by atoms with Crippen molar-refractivity contribution in [2.24, 2.45) is 5.73 Å². The zero-order valence-electron chi connectivity index (χ0n) is 10.3. The molecule has 1 rings (SSSR count). The second-order valence-electron chi connectivity index (χ2n) is 4.02. The molecule has 1 aromatic rings. The number of hydrogen-bond donors (Lipinski definition) is 3. The number of nitrogens with two attached hydrogens (primary N) is 1. The van der Waals surface area contributed by atoms with E-state index in [-0.39, 0.29) is 11.9 Å². The van der Waals surface area contributed by atoms with Crippen LogP contribution in [-0.2, 0) is 4.79 Å². The number of tetrazole rings is 1. The Labute approximate surface area is 101 Å². The van der Waals surface area contributed by atoms with Gasteiger partial charge in [-0.25, -0.2) is 0 Å². The molecular formula is C10H20N6O. The van der Waals surface area contributed by atoms with Crippen LogP contribution in [0.4, 0.5) is 0 Å². The van der Waals surface area contributed by atoms with Crippen molar-refractivity contribution in [3.63, 3.8) is 0 Å². The van der Waals surface area contributed by atoms with Crippen LogP contribution in [0.2, 0.25) is 0 Å². The first-order chi connectivity index (χ1) is 8.19. The topological polar surface area (TPSA) is 110 Å². The molecule has 2 unspecified atom stereocenters. The highest BCUT2D eigenvalue weighted by Gasteiger charge is 2.20. The first-order valence-electron chi connectivity index (χ1n) is 5.98. The summed E-state index contributed by atoms with van der Waals surface area (Å²) in [4.78, 5) is 11.8. The minimum absolute atomic E-state index is 0.157. The number of carbonyl (C=O) groups excluding carboxylic acids is 1. The zero-order chi connectivity index (χ0) is 12.7. The number of aromatic nitrogens is 4. The maximum atomic E-state index is 11.8. The molecule has 17 heavy (non-hydrogen) atoms. The SMILES string of the molecule is CCCC(N)C(=O)NC(CCC)c1nn[nH]n1. The van der Waals surface area contributed by atoms with E-state index in [1.54, 1.807) is 0 Å². The second-order valence-corrected chi connectivity index (χ2v) is 4.02. The molecule has 2 atom stereocenters. The zero-order valence-corrected chi connectivity index (χ0v) is 10.3. The van der Waals surface area contributed by atoms with Gasteiger partial charge in [0.25, 0.3) is 0 Å². The third-order valence-corrected chi connectivity index (χ3v) is 2.50. The van der Waals surface area contributed by atoms with Gasteiger partial charge in [0.15, 0.2) is 5.82 Å². The molecule has 0 saturated carbocycles. The third-order valence-electron chi connectivity index (χ3n) is 2.50. The van der Waals surface area contributed by atoms with Crippen molar-refractivity contribution < 1.29 is 4.79 Å². The van der Waals surface area contributed by atoms with Crippen LogP contribution in [0.5, 0.6) is 0 Å². The van der Waals surface area contributed by atoms with Crippen molar-refractivity contribution in [1.29, 1.82) is 0 Å². The van der Waals surface area contributed by atoms with Crippen molar-refractivity contribution in [3.8, 4) is 0 Å². The minimum Gasteiger partial charge on any atom is -0.345 e. The summed E-state index contributed by atoms with van der Waals surface area (Å²) >= 11 is 0. The minimum atomic E-state index is -0.466. The highest BCUT2D eigenvalue weighted by molar-refractivity contribution is 5.81. The van der Waals surface area contributed by atoms with E-state index in [4.69, 9.17) is 5.73 Å². The van der Waals surface area contributed by atoms with Crippen LogP contribution in [0.25, 0.3) is 0 Å². The summed E-state index contributed by atoms with van der Waals surface area (Å²) in [5.41, 5.74) is 5.75. The van der Waals surface area contributed by atoms with E-state index >= 15 is 0 Å². The lowest BCUT2D eigenvalue weighted by atomic mass is 10.1. The predicted molar refractivity (Wildman–Crippen MR) is 62.9 cm³/mol. The molecule has 96 valence electrons. The first kappa shape index (κ1) is 13.6. The molecule has 0 aliphatic rings. The molecule has 0 aliphatic carbocycles. The number of nitrogens with zero attached hydrogens (tertiary/aromatic N) is 3. The van der Waals surface area contributed by atoms with E-state index in [9.17, 15) is 4.79 Å². The van der Waals surface area contributed by atoms with E-state index in [1.807, 2.05) is 13.8 Å². The maximum Gasteiger partial charge on any atom is 0.237 e. The molecule has 1 amide bonds. The fraction of sp³-hybridized carbons (Fsp3) is 0.800. The van der Waals surface area contributed by atoms with E-state index in [0.29, 0.717) is 12.2 Å². The molecule has 0 fully saturated rings. The fourth-order valence-corrected chi connectivity index (χ4v) is 1.59. The lowest BCUT2D eigenvalue weighted by molar-refractivity contribution is -0.123. The van der Waals surface area contributed by atoms with Crippen LogP contribution in [-0.4, -0.2) is 32.6 Å². The van der Waals surface area contributed by atoms with E-state index < -0.39 is 6.04 Å². The summed E-state index contributed by atoms with van der Waals surface area (Å²) < 4.78 is 0. The number of rotatable bonds is 7. The summed E-state index contributed by atoms with van der Waals surface area (Å²) in [7, 11) is 0. The van der Waals surface area contributed by atoms with Crippen LogP contribution in [0.15, 0.2) is 0 Å². The number of aromatic amines is 1. The Bertz CT molecular complexity index is 326. The van der Waals surface area contributed by atoms with Gasteiger partial charge in [-0.1, -0.05) is 31.9 Å². The molecular weight excluding hydrogens is 220 g/mol. The van der Waals surface area contributed by atoms with Crippen molar-refractivity contribution in [3.05, 3.63) is 5.82 Å². The summed E-state index contributed by atoms with van der Waals surface area (Å²) in [6, 6.07) is -0.680. The second kappa shape index (κ2) is 6.95. The van der Waals surface area contributed by atoms with Crippen LogP contribution in [0.3, 0.4) is 0 Å². The van der Waals surface area contributed by atoms with Gasteiger partial charge in [-0.15, -0.1) is 10.2 Å². The Morgan fingerprint density at radius 1 is 1.41 bits per heavy atom. The lowest BCUT2D eigenvalue weighted by Crippen LogP contribution is -2.42. The van der Waals surface area contributed by atoms with Crippen LogP contribution >= 0.6 is 0 Å². The fourth-order valence-electron chi connectivity index (χ4n) is 1.59. The van der Waals surface area contributed by atoms with E-state index in [2.05, 4.69) is 25.9 Å². The van der Waals surface area contributed by atoms with Gasteiger partial charge in [-0.05, 0) is 12.8 Å². The molecule has 0 aliphatic heterocycles. The molecule has 0 bridgehead atoms. The summed E-state index contributed by atoms with van der Waals surface area (Å²) in [6.45, 7) is 4.03. The van der Waals surface area contributed by atoms with E-state index in [1.165, 1.54) is 0 Å². The number of hydrogen-bond acceptors (Lipinski definition) is 5. The summed E-state index contributed by atoms with van der Waals surface area (Å²) in [5.74, 6) is 0.346. The number of nitrogens with one attached hydrogen (secondary N) is 2. The molecule has 0 spiro atoms. The molecule has 1 heterocycles. The van der Waals surface area contributed by atoms with Gasteiger partial charge in [0.2, 0.25) is 5.91 Å². The van der Waals surface area contributed by atoms with Crippen molar-refractivity contribution >= 4 is 5.91 Å². The molecule has 7 nitrogen and oxygen atoms in total. The van der Waals surface area contributed by atoms with Gasteiger partial charge in [0, 0.05) is 0 Å². The van der Waals surface area contributed by atoms with Gasteiger partial charge in [-0.2, -0.15) is 5.21 Å². The van der Waals surface area contributed by atoms with E-state index in [0.717, 1.165) is 19.3 Å². The first-order valence-corrected chi connectivity index (χ1v) is 5.98. The van der Waals surface area contributed by atoms with Gasteiger partial charge < -0.3 is 11.1 Å². The quantitative estimate of drug-likeness (QED) is 0.634. The molecule has 4 N–H and O–H groups in total. The number of amides is 1. The Morgan fingerprint density at radius 2 is 2.12 bits per heavy atom. The van der Waals surface area contributed by atoms with Gasteiger partial charge >= 0.3 is 0 Å². The highest BCUT2D eigenvalue weighted by atomic mass is 16.2. The summed E-state index contributed by atoms with van der Waals surface area (Å²) in [5, 5.41) is 16.5. The standard InChI is InChI=1S/C10H20N6O/c1-3-5-7(11)10(17)12-8(6-4-2)9-13-15-16-14-9/h7-8H,3-6,11H2,1-2H3,(H,12,17)(H,13,14,15,16). The molecule has 0 saturated heterocycles. The lowest BCUT2D eigenvalue weighted by Gasteiger charge is -2.17. The van der Waals surface area contributed by atoms with Crippen LogP contribution in [0.1, 0.15) is 51.4 Å². The Morgan fingerprint density at radius 3 is 2.65 bits per heavy atom. The average molecular weight is 240 g/mol. The van der Waals surface area contributed by atoms with Crippen molar-refractivity contribution in [1.82, 2.24) is 25.9 Å². The average Bonchev–Trinajstić information content (AvgIpc) is 2.82. The maximum absolute atomic E-state index is 11.8. The Hall–Kier alpha value is -1.50. The number of carbonyl (C=O) groups is 1. The predicted octanol–water partition coefficient (Wildman–Crippen LogP) is 0.285. The Kier molecular flexibility index (Phi) is 5.55. The molecule has 0 radical (unpaired) electrons. The van der Waals surface area contributed by atoms with Gasteiger partial charge in [0.1, 0.15) is 0 Å². The van der Waals surface area contributed by atoms with Crippen molar-refractivity contribution in [2.75, 3.05) is 0 Å². The third kappa shape index (κ3) is 4.10. The molecule has 7 heteroatoms. The van der Waals surface area contributed by atoms with Crippen molar-refractivity contribution in [2.45, 2.75) is 51.6 Å². The Balaban J connectivity index is 2.58.